The van der Waals surface area contributed by atoms with Gasteiger partial charge in [0.25, 0.3) is 0 Å². The van der Waals surface area contributed by atoms with Crippen molar-refractivity contribution in [2.45, 2.75) is 6.92 Å². The Morgan fingerprint density at radius 3 is 2.77 bits per heavy atom. The van der Waals surface area contributed by atoms with Crippen LogP contribution in [-0.2, 0) is 0 Å². The van der Waals surface area contributed by atoms with Crippen molar-refractivity contribution >= 4 is 33.5 Å². The molecule has 0 amide bonds. The molecule has 1 aromatic carbocycles. The predicted molar refractivity (Wildman–Crippen MR) is 105 cm³/mol. The molecule has 0 fully saturated rings. The molecule has 1 N–H and O–H groups in total. The first kappa shape index (κ1) is 16.6. The highest BCUT2D eigenvalue weighted by Gasteiger charge is 2.15. The molecule has 6 nitrogen and oxygen atoms in total. The number of benzene rings is 1. The number of thiazole rings is 2. The van der Waals surface area contributed by atoms with Gasteiger partial charge in [-0.1, -0.05) is 12.1 Å². The fraction of sp³-hybridized carbons (Fsp3) is 0.111. The van der Waals surface area contributed by atoms with E-state index in [-0.39, 0.29) is 0 Å². The molecule has 3 heterocycles. The Labute approximate surface area is 158 Å². The zero-order valence-electron chi connectivity index (χ0n) is 14.1. The molecule has 4 aromatic rings. The van der Waals surface area contributed by atoms with Gasteiger partial charge >= 0.3 is 0 Å². The first-order valence-electron chi connectivity index (χ1n) is 7.84. The number of hydrogen-bond acceptors (Lipinski definition) is 8. The van der Waals surface area contributed by atoms with Crippen LogP contribution in [0.4, 0.5) is 10.8 Å². The van der Waals surface area contributed by atoms with E-state index in [9.17, 15) is 0 Å². The minimum Gasteiger partial charge on any atom is -0.495 e. The second kappa shape index (κ2) is 7.19. The van der Waals surface area contributed by atoms with Crippen molar-refractivity contribution in [1.82, 2.24) is 19.9 Å². The monoisotopic (exact) mass is 381 g/mol. The third-order valence-corrected chi connectivity index (χ3v) is 5.62. The third kappa shape index (κ3) is 3.29. The highest BCUT2D eigenvalue weighted by atomic mass is 32.1. The highest BCUT2D eigenvalue weighted by molar-refractivity contribution is 7.19. The summed E-state index contributed by atoms with van der Waals surface area (Å²) < 4.78 is 5.37. The van der Waals surface area contributed by atoms with Crippen LogP contribution in [0.15, 0.2) is 48.2 Å². The molecule has 130 valence electrons. The van der Waals surface area contributed by atoms with Crippen molar-refractivity contribution in [3.8, 4) is 27.0 Å². The Balaban J connectivity index is 1.61. The molecule has 0 unspecified atom stereocenters. The third-order valence-electron chi connectivity index (χ3n) is 3.66. The first-order valence-corrected chi connectivity index (χ1v) is 9.54. The van der Waals surface area contributed by atoms with E-state index in [0.29, 0.717) is 0 Å². The van der Waals surface area contributed by atoms with Gasteiger partial charge in [-0.05, 0) is 19.1 Å². The summed E-state index contributed by atoms with van der Waals surface area (Å²) >= 11 is 3.12. The maximum absolute atomic E-state index is 5.37. The highest BCUT2D eigenvalue weighted by Crippen LogP contribution is 2.37. The minimum absolute atomic E-state index is 0.773. The summed E-state index contributed by atoms with van der Waals surface area (Å²) in [6, 6.07) is 7.77. The Kier molecular flexibility index (Phi) is 4.59. The van der Waals surface area contributed by atoms with Gasteiger partial charge in [-0.15, -0.1) is 22.7 Å². The van der Waals surface area contributed by atoms with Crippen molar-refractivity contribution in [2.24, 2.45) is 0 Å². The Morgan fingerprint density at radius 1 is 1.08 bits per heavy atom. The number of aromatic nitrogens is 4. The Morgan fingerprint density at radius 2 is 1.96 bits per heavy atom. The zero-order valence-corrected chi connectivity index (χ0v) is 15.8. The van der Waals surface area contributed by atoms with E-state index in [1.807, 2.05) is 36.6 Å². The molecule has 0 bridgehead atoms. The molecular weight excluding hydrogens is 366 g/mol. The summed E-state index contributed by atoms with van der Waals surface area (Å²) in [6.45, 7) is 1.98. The molecule has 8 heteroatoms. The van der Waals surface area contributed by atoms with Gasteiger partial charge in [0.1, 0.15) is 16.5 Å². The lowest BCUT2D eigenvalue weighted by molar-refractivity contribution is 0.417. The van der Waals surface area contributed by atoms with Crippen LogP contribution in [0.2, 0.25) is 0 Å². The van der Waals surface area contributed by atoms with Gasteiger partial charge in [-0.25, -0.2) is 9.97 Å². The lowest BCUT2D eigenvalue weighted by atomic mass is 10.3. The fourth-order valence-corrected chi connectivity index (χ4v) is 4.23. The van der Waals surface area contributed by atoms with E-state index in [1.54, 1.807) is 48.4 Å². The minimum atomic E-state index is 0.773. The van der Waals surface area contributed by atoms with Crippen LogP contribution in [0.25, 0.3) is 21.3 Å². The predicted octanol–water partition coefficient (Wildman–Crippen LogP) is 4.78. The van der Waals surface area contributed by atoms with Gasteiger partial charge in [0, 0.05) is 17.8 Å². The number of hydrogen-bond donors (Lipinski definition) is 1. The number of aryl methyl sites for hydroxylation is 1. The van der Waals surface area contributed by atoms with E-state index < -0.39 is 0 Å². The molecule has 0 aliphatic carbocycles. The summed E-state index contributed by atoms with van der Waals surface area (Å²) in [7, 11) is 1.66. The summed E-state index contributed by atoms with van der Waals surface area (Å²) in [4.78, 5) is 18.8. The van der Waals surface area contributed by atoms with E-state index >= 15 is 0 Å². The first-order chi connectivity index (χ1) is 12.7. The molecular formula is C18H15N5OS2. The van der Waals surface area contributed by atoms with Crippen LogP contribution < -0.4 is 10.1 Å². The summed E-state index contributed by atoms with van der Waals surface area (Å²) in [6.07, 6.45) is 5.04. The number of nitrogens with zero attached hydrogens (tertiary/aromatic N) is 4. The molecule has 0 atom stereocenters. The van der Waals surface area contributed by atoms with Gasteiger partial charge in [-0.3, -0.25) is 9.97 Å². The topological polar surface area (TPSA) is 72.8 Å². The lowest BCUT2D eigenvalue weighted by Gasteiger charge is -2.07. The molecule has 4 rings (SSSR count). The van der Waals surface area contributed by atoms with Crippen LogP contribution in [0, 0.1) is 6.92 Å². The second-order valence-corrected chi connectivity index (χ2v) is 7.24. The van der Waals surface area contributed by atoms with Gasteiger partial charge < -0.3 is 10.1 Å². The Bertz CT molecular complexity index is 1030. The van der Waals surface area contributed by atoms with Crippen molar-refractivity contribution in [1.29, 1.82) is 0 Å². The van der Waals surface area contributed by atoms with Crippen LogP contribution in [0.3, 0.4) is 0 Å². The average molecular weight is 381 g/mol. The molecule has 0 spiro atoms. The van der Waals surface area contributed by atoms with Crippen LogP contribution in [0.5, 0.6) is 5.75 Å². The van der Waals surface area contributed by atoms with Gasteiger partial charge in [0.15, 0.2) is 5.13 Å². The smallest absolute Gasteiger partial charge is 0.187 e. The number of anilines is 2. The summed E-state index contributed by atoms with van der Waals surface area (Å²) in [5.74, 6) is 0.781. The second-order valence-electron chi connectivity index (χ2n) is 5.39. The maximum atomic E-state index is 5.37. The van der Waals surface area contributed by atoms with E-state index in [2.05, 4.69) is 20.3 Å². The van der Waals surface area contributed by atoms with E-state index in [4.69, 9.17) is 9.72 Å². The zero-order chi connectivity index (χ0) is 17.9. The van der Waals surface area contributed by atoms with Gasteiger partial charge in [0.2, 0.25) is 0 Å². The quantitative estimate of drug-likeness (QED) is 0.536. The van der Waals surface area contributed by atoms with Gasteiger partial charge in [-0.2, -0.15) is 0 Å². The van der Waals surface area contributed by atoms with Crippen molar-refractivity contribution < 1.29 is 4.74 Å². The molecule has 0 radical (unpaired) electrons. The summed E-state index contributed by atoms with van der Waals surface area (Å²) in [5, 5.41) is 6.99. The standard InChI is InChI=1S/C18H15N5OS2/c1-11-16(26-17(21-11)13-9-19-7-8-20-13)14-10-25-18(23-14)22-12-5-3-4-6-15(12)24-2/h3-10H,1-2H3,(H,22,23). The number of ether oxygens (including phenoxy) is 1. The van der Waals surface area contributed by atoms with E-state index in [0.717, 1.165) is 43.5 Å². The lowest BCUT2D eigenvalue weighted by Crippen LogP contribution is -1.93. The average Bonchev–Trinajstić information content (AvgIpc) is 3.29. The SMILES string of the molecule is COc1ccccc1Nc1nc(-c2sc(-c3cnccn3)nc2C)cs1. The largest absolute Gasteiger partial charge is 0.495 e. The maximum Gasteiger partial charge on any atom is 0.187 e. The summed E-state index contributed by atoms with van der Waals surface area (Å²) in [5.41, 5.74) is 3.49. The molecule has 0 saturated heterocycles. The van der Waals surface area contributed by atoms with Crippen molar-refractivity contribution in [3.05, 3.63) is 53.9 Å². The van der Waals surface area contributed by atoms with Crippen LogP contribution >= 0.6 is 22.7 Å². The number of methoxy groups -OCH3 is 1. The molecule has 26 heavy (non-hydrogen) atoms. The molecule has 0 saturated carbocycles. The number of para-hydroxylation sites is 2. The normalized spacial score (nSPS) is 10.7. The number of nitrogens with one attached hydrogen (secondary N) is 1. The van der Waals surface area contributed by atoms with Crippen molar-refractivity contribution in [2.75, 3.05) is 12.4 Å². The Hall–Kier alpha value is -2.84. The molecule has 3 aromatic heterocycles. The van der Waals surface area contributed by atoms with Crippen LogP contribution in [0.1, 0.15) is 5.69 Å². The molecule has 0 aliphatic rings. The van der Waals surface area contributed by atoms with Crippen LogP contribution in [-0.4, -0.2) is 27.0 Å². The fourth-order valence-electron chi connectivity index (χ4n) is 2.45. The van der Waals surface area contributed by atoms with Gasteiger partial charge in [0.05, 0.1) is 35.3 Å². The van der Waals surface area contributed by atoms with Crippen molar-refractivity contribution in [3.63, 3.8) is 0 Å². The van der Waals surface area contributed by atoms with E-state index in [1.165, 1.54) is 0 Å². The molecule has 0 aliphatic heterocycles. The number of rotatable bonds is 5.